The number of hydrogen-bond donors (Lipinski definition) is 1. The molecule has 4 heteroatoms. The van der Waals surface area contributed by atoms with Gasteiger partial charge in [-0.05, 0) is 50.4 Å². The third-order valence-electron chi connectivity index (χ3n) is 4.00. The molecular formula is C17H27ClN2O. The van der Waals surface area contributed by atoms with Gasteiger partial charge in [-0.1, -0.05) is 38.4 Å². The van der Waals surface area contributed by atoms with Crippen molar-refractivity contribution < 1.29 is 4.79 Å². The van der Waals surface area contributed by atoms with Crippen LogP contribution >= 0.6 is 11.6 Å². The van der Waals surface area contributed by atoms with Gasteiger partial charge in [-0.15, -0.1) is 0 Å². The van der Waals surface area contributed by atoms with Gasteiger partial charge in [0.2, 0.25) is 5.91 Å². The minimum absolute atomic E-state index is 0.0394. The molecule has 0 aliphatic carbocycles. The van der Waals surface area contributed by atoms with Crippen molar-refractivity contribution in [2.75, 3.05) is 18.9 Å². The van der Waals surface area contributed by atoms with Crippen LogP contribution in [0.1, 0.15) is 38.8 Å². The standard InChI is InChI=1S/C17H27ClN2O/c1-11-8-12(2)16(14(18)9-11)19-15(21)10-20(7)13(3)17(4,5)6/h8-9,13H,10H2,1-7H3,(H,19,21). The zero-order chi connectivity index (χ0) is 16.4. The Morgan fingerprint density at radius 2 is 1.90 bits per heavy atom. The first kappa shape index (κ1) is 18.0. The number of rotatable bonds is 4. The molecule has 0 fully saturated rings. The third-order valence-corrected chi connectivity index (χ3v) is 4.30. The summed E-state index contributed by atoms with van der Waals surface area (Å²) in [5, 5.41) is 3.52. The number of likely N-dealkylation sites (N-methyl/N-ethyl adjacent to an activating group) is 1. The highest BCUT2D eigenvalue weighted by atomic mass is 35.5. The van der Waals surface area contributed by atoms with Crippen LogP contribution in [0.3, 0.4) is 0 Å². The van der Waals surface area contributed by atoms with Crippen LogP contribution in [0.4, 0.5) is 5.69 Å². The van der Waals surface area contributed by atoms with Crippen molar-refractivity contribution >= 4 is 23.2 Å². The molecule has 0 spiro atoms. The van der Waals surface area contributed by atoms with Gasteiger partial charge in [0.15, 0.2) is 0 Å². The molecule has 1 unspecified atom stereocenters. The summed E-state index contributed by atoms with van der Waals surface area (Å²) in [6, 6.07) is 4.19. The Morgan fingerprint density at radius 1 is 1.33 bits per heavy atom. The summed E-state index contributed by atoms with van der Waals surface area (Å²) in [6.45, 7) is 13.0. The van der Waals surface area contributed by atoms with E-state index < -0.39 is 0 Å². The summed E-state index contributed by atoms with van der Waals surface area (Å²) < 4.78 is 0. The van der Waals surface area contributed by atoms with Crippen LogP contribution in [0.2, 0.25) is 5.02 Å². The van der Waals surface area contributed by atoms with Gasteiger partial charge in [-0.3, -0.25) is 9.69 Å². The minimum Gasteiger partial charge on any atom is -0.323 e. The maximum absolute atomic E-state index is 12.2. The van der Waals surface area contributed by atoms with Crippen LogP contribution in [0, 0.1) is 19.3 Å². The molecule has 1 rings (SSSR count). The number of halogens is 1. The van der Waals surface area contributed by atoms with Crippen molar-refractivity contribution in [1.29, 1.82) is 0 Å². The molecule has 0 aromatic heterocycles. The van der Waals surface area contributed by atoms with E-state index in [9.17, 15) is 4.79 Å². The molecular weight excluding hydrogens is 284 g/mol. The van der Waals surface area contributed by atoms with Gasteiger partial charge in [0.05, 0.1) is 17.3 Å². The second-order valence-corrected chi connectivity index (χ2v) is 7.35. The van der Waals surface area contributed by atoms with E-state index in [0.717, 1.165) is 11.1 Å². The number of carbonyl (C=O) groups is 1. The molecule has 0 heterocycles. The van der Waals surface area contributed by atoms with Gasteiger partial charge in [0, 0.05) is 6.04 Å². The molecule has 0 aliphatic rings. The molecule has 1 aromatic carbocycles. The van der Waals surface area contributed by atoms with Gasteiger partial charge in [0.1, 0.15) is 0 Å². The topological polar surface area (TPSA) is 32.3 Å². The van der Waals surface area contributed by atoms with Crippen LogP contribution in [0.25, 0.3) is 0 Å². The maximum atomic E-state index is 12.2. The Morgan fingerprint density at radius 3 is 2.38 bits per heavy atom. The van der Waals surface area contributed by atoms with Crippen LogP contribution in [-0.2, 0) is 4.79 Å². The number of amides is 1. The van der Waals surface area contributed by atoms with E-state index in [1.807, 2.05) is 33.0 Å². The highest BCUT2D eigenvalue weighted by molar-refractivity contribution is 6.34. The number of benzene rings is 1. The Kier molecular flexibility index (Phi) is 5.83. The molecule has 118 valence electrons. The quantitative estimate of drug-likeness (QED) is 0.901. The van der Waals surface area contributed by atoms with E-state index in [1.165, 1.54) is 0 Å². The molecule has 0 saturated carbocycles. The number of carbonyl (C=O) groups excluding carboxylic acids is 1. The molecule has 1 amide bonds. The molecule has 0 saturated heterocycles. The first-order valence-electron chi connectivity index (χ1n) is 7.29. The summed E-state index contributed by atoms with van der Waals surface area (Å²) >= 11 is 6.22. The number of hydrogen-bond acceptors (Lipinski definition) is 2. The molecule has 1 atom stereocenters. The normalized spacial score (nSPS) is 13.4. The van der Waals surface area contributed by atoms with Crippen LogP contribution < -0.4 is 5.32 Å². The summed E-state index contributed by atoms with van der Waals surface area (Å²) in [5.74, 6) is -0.0394. The van der Waals surface area contributed by atoms with Gasteiger partial charge in [0.25, 0.3) is 0 Å². The van der Waals surface area contributed by atoms with E-state index in [1.54, 1.807) is 0 Å². The van der Waals surface area contributed by atoms with E-state index in [2.05, 4.69) is 37.9 Å². The molecule has 0 aliphatic heterocycles. The average Bonchev–Trinajstić information content (AvgIpc) is 2.31. The van der Waals surface area contributed by atoms with E-state index in [0.29, 0.717) is 23.3 Å². The lowest BCUT2D eigenvalue weighted by Crippen LogP contribution is -2.43. The van der Waals surface area contributed by atoms with Crippen molar-refractivity contribution in [1.82, 2.24) is 4.90 Å². The number of nitrogens with zero attached hydrogens (tertiary/aromatic N) is 1. The zero-order valence-electron chi connectivity index (χ0n) is 14.2. The summed E-state index contributed by atoms with van der Waals surface area (Å²) in [4.78, 5) is 14.3. The molecule has 1 aromatic rings. The predicted octanol–water partition coefficient (Wildman–Crippen LogP) is 4.26. The van der Waals surface area contributed by atoms with E-state index in [-0.39, 0.29) is 11.3 Å². The lowest BCUT2D eigenvalue weighted by Gasteiger charge is -2.35. The van der Waals surface area contributed by atoms with E-state index >= 15 is 0 Å². The predicted molar refractivity (Wildman–Crippen MR) is 91.1 cm³/mol. The van der Waals surface area contributed by atoms with Crippen LogP contribution in [0.15, 0.2) is 12.1 Å². The Hall–Kier alpha value is -1.06. The van der Waals surface area contributed by atoms with Crippen LogP contribution in [-0.4, -0.2) is 30.4 Å². The summed E-state index contributed by atoms with van der Waals surface area (Å²) in [7, 11) is 1.97. The fourth-order valence-electron chi connectivity index (χ4n) is 2.28. The van der Waals surface area contributed by atoms with Crippen LogP contribution in [0.5, 0.6) is 0 Å². The van der Waals surface area contributed by atoms with Crippen molar-refractivity contribution in [2.45, 2.75) is 47.6 Å². The molecule has 0 bridgehead atoms. The lowest BCUT2D eigenvalue weighted by atomic mass is 9.87. The second-order valence-electron chi connectivity index (χ2n) is 6.94. The van der Waals surface area contributed by atoms with Gasteiger partial charge in [-0.2, -0.15) is 0 Å². The van der Waals surface area contributed by atoms with Crippen molar-refractivity contribution in [2.24, 2.45) is 5.41 Å². The summed E-state index contributed by atoms with van der Waals surface area (Å²) in [5.41, 5.74) is 2.92. The van der Waals surface area contributed by atoms with Gasteiger partial charge in [-0.25, -0.2) is 0 Å². The zero-order valence-corrected chi connectivity index (χ0v) is 14.9. The molecule has 21 heavy (non-hydrogen) atoms. The van der Waals surface area contributed by atoms with E-state index in [4.69, 9.17) is 11.6 Å². The number of anilines is 1. The lowest BCUT2D eigenvalue weighted by molar-refractivity contribution is -0.117. The molecule has 1 N–H and O–H groups in total. The number of nitrogens with one attached hydrogen (secondary N) is 1. The van der Waals surface area contributed by atoms with Crippen molar-refractivity contribution in [3.63, 3.8) is 0 Å². The summed E-state index contributed by atoms with van der Waals surface area (Å²) in [6.07, 6.45) is 0. The molecule has 0 radical (unpaired) electrons. The average molecular weight is 311 g/mol. The fraction of sp³-hybridized carbons (Fsp3) is 0.588. The van der Waals surface area contributed by atoms with Crippen molar-refractivity contribution in [3.05, 3.63) is 28.3 Å². The smallest absolute Gasteiger partial charge is 0.238 e. The Balaban J connectivity index is 2.75. The largest absolute Gasteiger partial charge is 0.323 e. The van der Waals surface area contributed by atoms with Gasteiger partial charge >= 0.3 is 0 Å². The third kappa shape index (κ3) is 5.01. The minimum atomic E-state index is -0.0394. The Bertz CT molecular complexity index is 497. The van der Waals surface area contributed by atoms with Crippen molar-refractivity contribution in [3.8, 4) is 0 Å². The number of aryl methyl sites for hydroxylation is 2. The molecule has 3 nitrogen and oxygen atoms in total. The highest BCUT2D eigenvalue weighted by Gasteiger charge is 2.25. The highest BCUT2D eigenvalue weighted by Crippen LogP contribution is 2.27. The SMILES string of the molecule is Cc1cc(C)c(NC(=O)CN(C)C(C)C(C)(C)C)c(Cl)c1. The first-order chi connectivity index (χ1) is 9.52. The maximum Gasteiger partial charge on any atom is 0.238 e. The Labute approximate surface area is 133 Å². The fourth-order valence-corrected chi connectivity index (χ4v) is 2.65. The van der Waals surface area contributed by atoms with Gasteiger partial charge < -0.3 is 5.32 Å². The second kappa shape index (κ2) is 6.80. The first-order valence-corrected chi connectivity index (χ1v) is 7.67. The monoisotopic (exact) mass is 310 g/mol.